The molecule has 6 heteroatoms. The van der Waals surface area contributed by atoms with Crippen LogP contribution in [0.15, 0.2) is 24.4 Å². The number of hydrogen-bond donors (Lipinski definition) is 2. The molecule has 2 aromatic rings. The van der Waals surface area contributed by atoms with Gasteiger partial charge in [0, 0.05) is 5.56 Å². The molecule has 1 heterocycles. The Morgan fingerprint density at radius 1 is 1.36 bits per heavy atom. The second-order valence-electron chi connectivity index (χ2n) is 5.94. The van der Waals surface area contributed by atoms with E-state index in [-0.39, 0.29) is 0 Å². The maximum Gasteiger partial charge on any atom is 0.406 e. The molecule has 3 rings (SSSR count). The molecule has 116 valence electrons. The Morgan fingerprint density at radius 3 is 2.77 bits per heavy atom. The summed E-state index contributed by atoms with van der Waals surface area (Å²) >= 11 is 0. The molecule has 6 nitrogen and oxygen atoms in total. The minimum absolute atomic E-state index is 0.781. The second-order valence-corrected chi connectivity index (χ2v) is 5.94. The molecule has 0 saturated carbocycles. The molecule has 0 spiro atoms. The first-order valence-electron chi connectivity index (χ1n) is 7.18. The molecule has 1 aromatic carbocycles. The summed E-state index contributed by atoms with van der Waals surface area (Å²) in [4.78, 5) is 11.1. The number of benzene rings is 1. The first kappa shape index (κ1) is 14.4. The molecular formula is C16H19N3O3. The van der Waals surface area contributed by atoms with Crippen molar-refractivity contribution in [1.82, 2.24) is 15.1 Å². The first-order chi connectivity index (χ1) is 10.4. The van der Waals surface area contributed by atoms with Crippen LogP contribution in [0.3, 0.4) is 0 Å². The van der Waals surface area contributed by atoms with Gasteiger partial charge in [-0.1, -0.05) is 6.07 Å². The SMILES string of the molecule is COc1ccc2c(c1)-c1c(cnn1C(C)(C)NC(=O)O)CC2. The van der Waals surface area contributed by atoms with E-state index >= 15 is 0 Å². The lowest BCUT2D eigenvalue weighted by Gasteiger charge is -2.29. The van der Waals surface area contributed by atoms with Crippen molar-refractivity contribution in [1.29, 1.82) is 0 Å². The molecule has 1 aliphatic rings. The predicted octanol–water partition coefficient (Wildman–Crippen LogP) is 2.62. The average Bonchev–Trinajstić information content (AvgIpc) is 2.90. The van der Waals surface area contributed by atoms with Gasteiger partial charge in [-0.15, -0.1) is 0 Å². The molecule has 0 saturated heterocycles. The van der Waals surface area contributed by atoms with E-state index in [1.54, 1.807) is 25.6 Å². The number of hydrogen-bond acceptors (Lipinski definition) is 3. The highest BCUT2D eigenvalue weighted by molar-refractivity contribution is 5.72. The number of amides is 1. The number of carboxylic acid groups (broad SMARTS) is 1. The van der Waals surface area contributed by atoms with Crippen molar-refractivity contribution in [2.45, 2.75) is 32.4 Å². The van der Waals surface area contributed by atoms with Crippen LogP contribution < -0.4 is 10.1 Å². The molecule has 1 aliphatic carbocycles. The Bertz CT molecular complexity index is 734. The Kier molecular flexibility index (Phi) is 3.31. The number of ether oxygens (including phenoxy) is 1. The number of fused-ring (bicyclic) bond motifs is 3. The van der Waals surface area contributed by atoms with Crippen LogP contribution in [0.25, 0.3) is 11.3 Å². The Morgan fingerprint density at radius 2 is 2.09 bits per heavy atom. The monoisotopic (exact) mass is 301 g/mol. The fourth-order valence-corrected chi connectivity index (χ4v) is 2.98. The van der Waals surface area contributed by atoms with Crippen molar-refractivity contribution in [3.8, 4) is 17.0 Å². The van der Waals surface area contributed by atoms with Gasteiger partial charge in [0.1, 0.15) is 11.4 Å². The third kappa shape index (κ3) is 2.30. The number of nitrogens with one attached hydrogen (secondary N) is 1. The molecule has 0 fully saturated rings. The van der Waals surface area contributed by atoms with E-state index in [1.807, 2.05) is 18.3 Å². The van der Waals surface area contributed by atoms with Crippen LogP contribution in [-0.2, 0) is 18.5 Å². The lowest BCUT2D eigenvalue weighted by Crippen LogP contribution is -2.46. The summed E-state index contributed by atoms with van der Waals surface area (Å²) in [5.74, 6) is 0.781. The van der Waals surface area contributed by atoms with Gasteiger partial charge < -0.3 is 9.84 Å². The highest BCUT2D eigenvalue weighted by atomic mass is 16.5. The zero-order chi connectivity index (χ0) is 15.9. The largest absolute Gasteiger partial charge is 0.497 e. The number of aryl methyl sites for hydroxylation is 2. The van der Waals surface area contributed by atoms with Crippen molar-refractivity contribution in [3.05, 3.63) is 35.5 Å². The Balaban J connectivity index is 2.15. The first-order valence-corrected chi connectivity index (χ1v) is 7.18. The fourth-order valence-electron chi connectivity index (χ4n) is 2.98. The van der Waals surface area contributed by atoms with Gasteiger partial charge in [0.05, 0.1) is 19.0 Å². The normalized spacial score (nSPS) is 13.2. The van der Waals surface area contributed by atoms with Crippen LogP contribution in [-0.4, -0.2) is 28.1 Å². The number of carbonyl (C=O) groups is 1. The summed E-state index contributed by atoms with van der Waals surface area (Å²) < 4.78 is 7.07. The molecule has 2 N–H and O–H groups in total. The van der Waals surface area contributed by atoms with Crippen molar-refractivity contribution in [2.75, 3.05) is 7.11 Å². The summed E-state index contributed by atoms with van der Waals surface area (Å²) in [7, 11) is 1.64. The molecule has 0 aliphatic heterocycles. The van der Waals surface area contributed by atoms with Gasteiger partial charge >= 0.3 is 6.09 Å². The van der Waals surface area contributed by atoms with Gasteiger partial charge in [0.2, 0.25) is 0 Å². The zero-order valence-corrected chi connectivity index (χ0v) is 12.9. The van der Waals surface area contributed by atoms with Crippen LogP contribution >= 0.6 is 0 Å². The standard InChI is InChI=1S/C16H19N3O3/c1-16(2,18-15(20)21)19-14-11(9-17-19)5-4-10-6-7-12(22-3)8-13(10)14/h6-9,18H,4-5H2,1-3H3,(H,20,21). The maximum absolute atomic E-state index is 11.1. The third-order valence-electron chi connectivity index (χ3n) is 4.02. The van der Waals surface area contributed by atoms with E-state index in [1.165, 1.54) is 5.56 Å². The molecule has 1 aromatic heterocycles. The topological polar surface area (TPSA) is 76.4 Å². The van der Waals surface area contributed by atoms with Crippen molar-refractivity contribution < 1.29 is 14.6 Å². The maximum atomic E-state index is 11.1. The summed E-state index contributed by atoms with van der Waals surface area (Å²) in [6, 6.07) is 6.00. The van der Waals surface area contributed by atoms with Crippen LogP contribution in [0.5, 0.6) is 5.75 Å². The molecule has 0 atom stereocenters. The summed E-state index contributed by atoms with van der Waals surface area (Å²) in [5.41, 5.74) is 3.52. The average molecular weight is 301 g/mol. The lowest BCUT2D eigenvalue weighted by atomic mass is 9.90. The molecule has 0 radical (unpaired) electrons. The minimum Gasteiger partial charge on any atom is -0.497 e. The Labute approximate surface area is 128 Å². The van der Waals surface area contributed by atoms with Crippen LogP contribution in [0.1, 0.15) is 25.0 Å². The van der Waals surface area contributed by atoms with Gasteiger partial charge in [0.25, 0.3) is 0 Å². The molecular weight excluding hydrogens is 282 g/mol. The summed E-state index contributed by atoms with van der Waals surface area (Å²) in [6.45, 7) is 3.59. The molecule has 0 bridgehead atoms. The molecule has 1 amide bonds. The van der Waals surface area contributed by atoms with E-state index in [2.05, 4.69) is 16.5 Å². The van der Waals surface area contributed by atoms with Crippen LogP contribution in [0, 0.1) is 0 Å². The van der Waals surface area contributed by atoms with Crippen LogP contribution in [0.4, 0.5) is 4.79 Å². The van der Waals surface area contributed by atoms with E-state index in [0.29, 0.717) is 0 Å². The van der Waals surface area contributed by atoms with Crippen molar-refractivity contribution in [3.63, 3.8) is 0 Å². The third-order valence-corrected chi connectivity index (χ3v) is 4.02. The van der Waals surface area contributed by atoms with E-state index in [0.717, 1.165) is 35.4 Å². The van der Waals surface area contributed by atoms with Gasteiger partial charge in [-0.3, -0.25) is 5.32 Å². The van der Waals surface area contributed by atoms with E-state index in [4.69, 9.17) is 9.84 Å². The minimum atomic E-state index is -1.07. The number of aromatic nitrogens is 2. The number of nitrogens with zero attached hydrogens (tertiary/aromatic N) is 2. The van der Waals surface area contributed by atoms with Crippen LogP contribution in [0.2, 0.25) is 0 Å². The number of methoxy groups -OCH3 is 1. The smallest absolute Gasteiger partial charge is 0.406 e. The van der Waals surface area contributed by atoms with Gasteiger partial charge in [-0.05, 0) is 49.9 Å². The Hall–Kier alpha value is -2.50. The van der Waals surface area contributed by atoms with Gasteiger partial charge in [0.15, 0.2) is 0 Å². The van der Waals surface area contributed by atoms with E-state index in [9.17, 15) is 4.79 Å². The predicted molar refractivity (Wildman–Crippen MR) is 82.1 cm³/mol. The summed E-state index contributed by atoms with van der Waals surface area (Å²) in [5, 5.41) is 16.0. The summed E-state index contributed by atoms with van der Waals surface area (Å²) in [6.07, 6.45) is 2.60. The molecule has 22 heavy (non-hydrogen) atoms. The highest BCUT2D eigenvalue weighted by Crippen LogP contribution is 2.37. The fraction of sp³-hybridized carbons (Fsp3) is 0.375. The highest BCUT2D eigenvalue weighted by Gasteiger charge is 2.30. The van der Waals surface area contributed by atoms with Gasteiger partial charge in [-0.2, -0.15) is 5.10 Å². The number of rotatable bonds is 3. The zero-order valence-electron chi connectivity index (χ0n) is 12.9. The van der Waals surface area contributed by atoms with Gasteiger partial charge in [-0.25, -0.2) is 9.48 Å². The quantitative estimate of drug-likeness (QED) is 0.913. The van der Waals surface area contributed by atoms with Crippen molar-refractivity contribution >= 4 is 6.09 Å². The molecule has 0 unspecified atom stereocenters. The lowest BCUT2D eigenvalue weighted by molar-refractivity contribution is 0.163. The van der Waals surface area contributed by atoms with Crippen molar-refractivity contribution in [2.24, 2.45) is 0 Å². The second kappa shape index (κ2) is 5.05. The van der Waals surface area contributed by atoms with E-state index < -0.39 is 11.8 Å².